The van der Waals surface area contributed by atoms with E-state index < -0.39 is 0 Å². The molecule has 2 aliphatic rings. The lowest BCUT2D eigenvalue weighted by atomic mass is 10.1. The van der Waals surface area contributed by atoms with Crippen molar-refractivity contribution in [2.24, 2.45) is 10.9 Å². The number of benzene rings is 1. The van der Waals surface area contributed by atoms with Gasteiger partial charge in [0.25, 0.3) is 0 Å². The average molecular weight is 387 g/mol. The van der Waals surface area contributed by atoms with Crippen molar-refractivity contribution in [1.29, 1.82) is 0 Å². The molecule has 3 rings (SSSR count). The van der Waals surface area contributed by atoms with Crippen molar-refractivity contribution in [1.82, 2.24) is 15.5 Å². The summed E-state index contributed by atoms with van der Waals surface area (Å²) in [6, 6.07) is 6.45. The molecule has 1 aliphatic carbocycles. The number of hydrogen-bond donors (Lipinski definition) is 2. The summed E-state index contributed by atoms with van der Waals surface area (Å²) < 4.78 is 5.41. The summed E-state index contributed by atoms with van der Waals surface area (Å²) in [5, 5.41) is 6.84. The first kappa shape index (κ1) is 20.5. The van der Waals surface area contributed by atoms with E-state index in [4.69, 9.17) is 9.73 Å². The van der Waals surface area contributed by atoms with Gasteiger partial charge in [0, 0.05) is 31.6 Å². The fraction of sp³-hybridized carbons (Fsp3) is 0.636. The maximum atomic E-state index is 12.6. The number of carbonyl (C=O) groups excluding carboxylic acids is 1. The second-order valence-electron chi connectivity index (χ2n) is 7.89. The van der Waals surface area contributed by atoms with Gasteiger partial charge in [-0.15, -0.1) is 0 Å². The smallest absolute Gasteiger partial charge is 0.225 e. The van der Waals surface area contributed by atoms with Crippen LogP contribution in [-0.4, -0.2) is 49.6 Å². The summed E-state index contributed by atoms with van der Waals surface area (Å²) in [5.74, 6) is 2.32. The van der Waals surface area contributed by atoms with Gasteiger partial charge in [-0.3, -0.25) is 4.79 Å². The summed E-state index contributed by atoms with van der Waals surface area (Å²) in [4.78, 5) is 19.4. The predicted molar refractivity (Wildman–Crippen MR) is 113 cm³/mol. The molecule has 2 N–H and O–H groups in total. The van der Waals surface area contributed by atoms with Crippen LogP contribution in [0.5, 0.6) is 5.75 Å². The number of carbonyl (C=O) groups is 1. The van der Waals surface area contributed by atoms with Crippen LogP contribution in [0.1, 0.15) is 50.2 Å². The molecule has 1 atom stereocenters. The Morgan fingerprint density at radius 3 is 2.79 bits per heavy atom. The lowest BCUT2D eigenvalue weighted by Gasteiger charge is -2.21. The molecule has 1 amide bonds. The molecule has 6 nitrogen and oxygen atoms in total. The van der Waals surface area contributed by atoms with Crippen LogP contribution in [0.3, 0.4) is 0 Å². The van der Waals surface area contributed by atoms with Crippen LogP contribution < -0.4 is 15.4 Å². The third-order valence-electron chi connectivity index (χ3n) is 5.78. The van der Waals surface area contributed by atoms with E-state index in [9.17, 15) is 4.79 Å². The van der Waals surface area contributed by atoms with E-state index in [1.807, 2.05) is 17.9 Å². The van der Waals surface area contributed by atoms with Crippen molar-refractivity contribution < 1.29 is 9.53 Å². The van der Waals surface area contributed by atoms with E-state index in [-0.39, 0.29) is 12.0 Å². The molecule has 2 fully saturated rings. The maximum absolute atomic E-state index is 12.6. The molecule has 1 heterocycles. The van der Waals surface area contributed by atoms with E-state index in [1.54, 1.807) is 7.11 Å². The normalized spacial score (nSPS) is 20.5. The molecule has 1 aliphatic heterocycles. The molecule has 154 valence electrons. The minimum absolute atomic E-state index is 0.260. The second-order valence-corrected chi connectivity index (χ2v) is 7.89. The maximum Gasteiger partial charge on any atom is 0.225 e. The zero-order valence-corrected chi connectivity index (χ0v) is 17.5. The van der Waals surface area contributed by atoms with Gasteiger partial charge < -0.3 is 20.3 Å². The molecule has 0 aromatic heterocycles. The largest absolute Gasteiger partial charge is 0.496 e. The van der Waals surface area contributed by atoms with Gasteiger partial charge in [-0.2, -0.15) is 0 Å². The van der Waals surface area contributed by atoms with Crippen LogP contribution in [0.25, 0.3) is 0 Å². The molecule has 1 unspecified atom stereocenters. The fourth-order valence-electron chi connectivity index (χ4n) is 4.16. The van der Waals surface area contributed by atoms with Crippen molar-refractivity contribution in [2.45, 2.75) is 58.5 Å². The molecule has 1 saturated heterocycles. The zero-order chi connectivity index (χ0) is 19.9. The lowest BCUT2D eigenvalue weighted by molar-refractivity contribution is -0.134. The second kappa shape index (κ2) is 9.80. The monoisotopic (exact) mass is 386 g/mol. The Morgan fingerprint density at radius 2 is 2.07 bits per heavy atom. The van der Waals surface area contributed by atoms with Crippen LogP contribution in [0, 0.1) is 12.8 Å². The minimum atomic E-state index is 0.260. The Labute approximate surface area is 168 Å². The molecule has 6 heteroatoms. The highest BCUT2D eigenvalue weighted by Crippen LogP contribution is 2.27. The summed E-state index contributed by atoms with van der Waals surface area (Å²) in [5.41, 5.74) is 2.24. The summed E-state index contributed by atoms with van der Waals surface area (Å²) in [7, 11) is 1.69. The van der Waals surface area contributed by atoms with E-state index in [1.165, 1.54) is 12.8 Å². The van der Waals surface area contributed by atoms with Crippen LogP contribution in [0.4, 0.5) is 0 Å². The first-order valence-corrected chi connectivity index (χ1v) is 10.6. The van der Waals surface area contributed by atoms with Gasteiger partial charge in [0.2, 0.25) is 5.91 Å². The number of ether oxygens (including phenoxy) is 1. The molecule has 0 radical (unpaired) electrons. The number of aryl methyl sites for hydroxylation is 1. The fourth-order valence-corrected chi connectivity index (χ4v) is 4.16. The van der Waals surface area contributed by atoms with E-state index in [2.05, 4.69) is 29.7 Å². The van der Waals surface area contributed by atoms with Gasteiger partial charge >= 0.3 is 0 Å². The van der Waals surface area contributed by atoms with Crippen molar-refractivity contribution in [3.63, 3.8) is 0 Å². The molecule has 1 aromatic carbocycles. The van der Waals surface area contributed by atoms with E-state index in [0.717, 1.165) is 61.7 Å². The minimum Gasteiger partial charge on any atom is -0.496 e. The van der Waals surface area contributed by atoms with Gasteiger partial charge in [-0.25, -0.2) is 4.99 Å². The highest BCUT2D eigenvalue weighted by molar-refractivity contribution is 5.81. The van der Waals surface area contributed by atoms with Crippen LogP contribution >= 0.6 is 0 Å². The Bertz CT molecular complexity index is 698. The average Bonchev–Trinajstić information content (AvgIpc) is 3.39. The van der Waals surface area contributed by atoms with E-state index in [0.29, 0.717) is 12.5 Å². The number of nitrogens with one attached hydrogen (secondary N) is 2. The van der Waals surface area contributed by atoms with Gasteiger partial charge in [-0.1, -0.05) is 25.0 Å². The van der Waals surface area contributed by atoms with Gasteiger partial charge in [-0.05, 0) is 50.3 Å². The molecular formula is C22H34N4O2. The van der Waals surface area contributed by atoms with Crippen molar-refractivity contribution in [2.75, 3.05) is 26.7 Å². The highest BCUT2D eigenvalue weighted by Gasteiger charge is 2.32. The number of aliphatic imine (C=N–C) groups is 1. The third-order valence-corrected chi connectivity index (χ3v) is 5.78. The first-order chi connectivity index (χ1) is 13.6. The van der Waals surface area contributed by atoms with Crippen molar-refractivity contribution in [3.05, 3.63) is 29.3 Å². The van der Waals surface area contributed by atoms with Gasteiger partial charge in [0.15, 0.2) is 5.96 Å². The molecule has 28 heavy (non-hydrogen) atoms. The van der Waals surface area contributed by atoms with Crippen LogP contribution in [0.15, 0.2) is 23.2 Å². The third kappa shape index (κ3) is 5.18. The standard InChI is InChI=1S/C22H34N4O2/c1-4-23-22(24-14-17-10-9-16(2)20(13-17)28-3)25-19-11-12-26(15-19)21(27)18-7-5-6-8-18/h9-10,13,18-19H,4-8,11-12,14-15H2,1-3H3,(H2,23,24,25). The summed E-state index contributed by atoms with van der Waals surface area (Å²) >= 11 is 0. The Morgan fingerprint density at radius 1 is 1.29 bits per heavy atom. The first-order valence-electron chi connectivity index (χ1n) is 10.6. The lowest BCUT2D eigenvalue weighted by Crippen LogP contribution is -2.45. The number of hydrogen-bond acceptors (Lipinski definition) is 3. The number of likely N-dealkylation sites (tertiary alicyclic amines) is 1. The molecule has 0 spiro atoms. The topological polar surface area (TPSA) is 66.0 Å². The Kier molecular flexibility index (Phi) is 7.18. The molecular weight excluding hydrogens is 352 g/mol. The summed E-state index contributed by atoms with van der Waals surface area (Å²) in [6.45, 7) is 7.12. The number of guanidine groups is 1. The number of methoxy groups -OCH3 is 1. The van der Waals surface area contributed by atoms with Gasteiger partial charge in [0.1, 0.15) is 5.75 Å². The Balaban J connectivity index is 1.57. The van der Waals surface area contributed by atoms with Crippen molar-refractivity contribution >= 4 is 11.9 Å². The molecule has 0 bridgehead atoms. The summed E-state index contributed by atoms with van der Waals surface area (Å²) in [6.07, 6.45) is 5.51. The molecule has 1 aromatic rings. The quantitative estimate of drug-likeness (QED) is 0.583. The number of amides is 1. The van der Waals surface area contributed by atoms with Crippen LogP contribution in [0.2, 0.25) is 0 Å². The highest BCUT2D eigenvalue weighted by atomic mass is 16.5. The number of rotatable bonds is 6. The van der Waals surface area contributed by atoms with E-state index >= 15 is 0 Å². The number of nitrogens with zero attached hydrogens (tertiary/aromatic N) is 2. The SMILES string of the molecule is CCNC(=NCc1ccc(C)c(OC)c1)NC1CCN(C(=O)C2CCCC2)C1. The van der Waals surface area contributed by atoms with Gasteiger partial charge in [0.05, 0.1) is 13.7 Å². The predicted octanol–water partition coefficient (Wildman–Crippen LogP) is 2.85. The molecule has 1 saturated carbocycles. The Hall–Kier alpha value is -2.24. The van der Waals surface area contributed by atoms with Crippen LogP contribution in [-0.2, 0) is 11.3 Å². The van der Waals surface area contributed by atoms with Crippen molar-refractivity contribution in [3.8, 4) is 5.75 Å². The zero-order valence-electron chi connectivity index (χ0n) is 17.5.